The third kappa shape index (κ3) is 3.28. The Balaban J connectivity index is 1.51. The predicted octanol–water partition coefficient (Wildman–Crippen LogP) is 1.81. The quantitative estimate of drug-likeness (QED) is 0.552. The number of nitrogens with one attached hydrogen (secondary N) is 1. The summed E-state index contributed by atoms with van der Waals surface area (Å²) in [6, 6.07) is 3.84. The van der Waals surface area contributed by atoms with Gasteiger partial charge in [-0.3, -0.25) is 0 Å². The van der Waals surface area contributed by atoms with E-state index in [4.69, 9.17) is 0 Å². The predicted molar refractivity (Wildman–Crippen MR) is 86.7 cm³/mol. The van der Waals surface area contributed by atoms with Crippen LogP contribution in [0.5, 0.6) is 0 Å². The van der Waals surface area contributed by atoms with E-state index in [1.54, 1.807) is 24.2 Å². The molecule has 7 nitrogen and oxygen atoms in total. The van der Waals surface area contributed by atoms with Crippen molar-refractivity contribution in [3.05, 3.63) is 36.9 Å². The molecule has 0 radical (unpaired) electrons. The van der Waals surface area contributed by atoms with Crippen molar-refractivity contribution in [2.75, 3.05) is 17.6 Å². The summed E-state index contributed by atoms with van der Waals surface area (Å²) in [6.45, 7) is 0.800. The van der Waals surface area contributed by atoms with E-state index >= 15 is 0 Å². The minimum atomic E-state index is 0.762. The SMILES string of the molecule is Cn1ccnc1SCCNc1ccc(-c2nccn2C)nn1. The fourth-order valence-corrected chi connectivity index (χ4v) is 2.76. The molecule has 0 aliphatic carbocycles. The van der Waals surface area contributed by atoms with Crippen molar-refractivity contribution in [1.82, 2.24) is 29.3 Å². The van der Waals surface area contributed by atoms with Crippen LogP contribution >= 0.6 is 11.8 Å². The summed E-state index contributed by atoms with van der Waals surface area (Å²) in [5, 5.41) is 12.7. The molecule has 0 aliphatic heterocycles. The van der Waals surface area contributed by atoms with Crippen molar-refractivity contribution in [3.63, 3.8) is 0 Å². The van der Waals surface area contributed by atoms with E-state index in [0.29, 0.717) is 0 Å². The summed E-state index contributed by atoms with van der Waals surface area (Å²) in [7, 11) is 3.93. The number of nitrogens with zero attached hydrogens (tertiary/aromatic N) is 6. The smallest absolute Gasteiger partial charge is 0.167 e. The lowest BCUT2D eigenvalue weighted by Gasteiger charge is -2.06. The van der Waals surface area contributed by atoms with Gasteiger partial charge in [-0.15, -0.1) is 10.2 Å². The third-order valence-electron chi connectivity index (χ3n) is 3.13. The second-order valence-corrected chi connectivity index (χ2v) is 5.82. The molecule has 0 atom stereocenters. The van der Waals surface area contributed by atoms with Crippen LogP contribution in [-0.2, 0) is 14.1 Å². The molecule has 0 bridgehead atoms. The van der Waals surface area contributed by atoms with Crippen molar-refractivity contribution >= 4 is 17.6 Å². The normalized spacial score (nSPS) is 10.8. The van der Waals surface area contributed by atoms with Crippen LogP contribution in [0.15, 0.2) is 42.1 Å². The molecule has 0 saturated heterocycles. The Morgan fingerprint density at radius 1 is 1.05 bits per heavy atom. The molecule has 3 rings (SSSR count). The standard InChI is InChI=1S/C14H17N7S/c1-20-8-5-16-13(20)11-3-4-12(19-18-11)15-7-10-22-14-17-6-9-21(14)2/h3-6,8-9H,7,10H2,1-2H3,(H,15,19). The van der Waals surface area contributed by atoms with Crippen LogP contribution in [0.4, 0.5) is 5.82 Å². The molecule has 3 aromatic rings. The summed E-state index contributed by atoms with van der Waals surface area (Å²) in [4.78, 5) is 8.52. The van der Waals surface area contributed by atoms with E-state index in [0.717, 1.165) is 34.8 Å². The van der Waals surface area contributed by atoms with Gasteiger partial charge in [-0.25, -0.2) is 9.97 Å². The van der Waals surface area contributed by atoms with Crippen LogP contribution < -0.4 is 5.32 Å². The number of aromatic nitrogens is 6. The first-order chi connectivity index (χ1) is 10.7. The molecular formula is C14H17N7S. The van der Waals surface area contributed by atoms with Crippen LogP contribution in [0.25, 0.3) is 11.5 Å². The Kier molecular flexibility index (Phi) is 4.38. The zero-order chi connectivity index (χ0) is 15.4. The van der Waals surface area contributed by atoms with Gasteiger partial charge in [-0.2, -0.15) is 0 Å². The first-order valence-corrected chi connectivity index (χ1v) is 7.88. The minimum absolute atomic E-state index is 0.762. The molecule has 0 spiro atoms. The van der Waals surface area contributed by atoms with Crippen LogP contribution in [0, 0.1) is 0 Å². The number of aryl methyl sites for hydroxylation is 2. The summed E-state index contributed by atoms with van der Waals surface area (Å²) >= 11 is 1.70. The summed E-state index contributed by atoms with van der Waals surface area (Å²) < 4.78 is 3.92. The topological polar surface area (TPSA) is 73.5 Å². The molecule has 0 aromatic carbocycles. The molecule has 3 aromatic heterocycles. The van der Waals surface area contributed by atoms with Crippen molar-refractivity contribution in [3.8, 4) is 11.5 Å². The number of hydrogen-bond acceptors (Lipinski definition) is 6. The van der Waals surface area contributed by atoms with E-state index in [-0.39, 0.29) is 0 Å². The average molecular weight is 315 g/mol. The van der Waals surface area contributed by atoms with Gasteiger partial charge in [0.25, 0.3) is 0 Å². The maximum Gasteiger partial charge on any atom is 0.167 e. The van der Waals surface area contributed by atoms with Gasteiger partial charge in [0.05, 0.1) is 0 Å². The molecule has 0 amide bonds. The zero-order valence-electron chi connectivity index (χ0n) is 12.5. The number of imidazole rings is 2. The number of anilines is 1. The van der Waals surface area contributed by atoms with Gasteiger partial charge in [0.15, 0.2) is 11.0 Å². The molecule has 1 N–H and O–H groups in total. The highest BCUT2D eigenvalue weighted by Gasteiger charge is 2.05. The fourth-order valence-electron chi connectivity index (χ4n) is 1.97. The molecule has 22 heavy (non-hydrogen) atoms. The highest BCUT2D eigenvalue weighted by atomic mass is 32.2. The molecule has 114 valence electrons. The van der Waals surface area contributed by atoms with Crippen molar-refractivity contribution in [2.24, 2.45) is 14.1 Å². The van der Waals surface area contributed by atoms with Crippen molar-refractivity contribution < 1.29 is 0 Å². The van der Waals surface area contributed by atoms with Gasteiger partial charge in [0.1, 0.15) is 11.5 Å². The second kappa shape index (κ2) is 6.61. The molecule has 3 heterocycles. The molecule has 0 fully saturated rings. The molecule has 0 unspecified atom stereocenters. The zero-order valence-corrected chi connectivity index (χ0v) is 13.3. The number of hydrogen-bond donors (Lipinski definition) is 1. The maximum atomic E-state index is 4.27. The van der Waals surface area contributed by atoms with Crippen LogP contribution in [0.1, 0.15) is 0 Å². The lowest BCUT2D eigenvalue weighted by molar-refractivity contribution is 0.790. The molecule has 8 heteroatoms. The van der Waals surface area contributed by atoms with Crippen LogP contribution in [0.3, 0.4) is 0 Å². The summed E-state index contributed by atoms with van der Waals surface area (Å²) in [6.07, 6.45) is 7.38. The minimum Gasteiger partial charge on any atom is -0.368 e. The summed E-state index contributed by atoms with van der Waals surface area (Å²) in [5.74, 6) is 2.48. The highest BCUT2D eigenvalue weighted by molar-refractivity contribution is 7.99. The molecule has 0 aliphatic rings. The van der Waals surface area contributed by atoms with Gasteiger partial charge in [-0.1, -0.05) is 11.8 Å². The second-order valence-electron chi connectivity index (χ2n) is 4.76. The number of rotatable bonds is 6. The van der Waals surface area contributed by atoms with Gasteiger partial charge < -0.3 is 14.5 Å². The Hall–Kier alpha value is -2.35. The van der Waals surface area contributed by atoms with E-state index in [1.807, 2.05) is 47.8 Å². The summed E-state index contributed by atoms with van der Waals surface area (Å²) in [5.41, 5.74) is 0.764. The van der Waals surface area contributed by atoms with E-state index < -0.39 is 0 Å². The lowest BCUT2D eigenvalue weighted by atomic mass is 10.3. The van der Waals surface area contributed by atoms with E-state index in [9.17, 15) is 0 Å². The van der Waals surface area contributed by atoms with E-state index in [1.165, 1.54) is 0 Å². The third-order valence-corrected chi connectivity index (χ3v) is 4.19. The van der Waals surface area contributed by atoms with Crippen LogP contribution in [-0.4, -0.2) is 41.6 Å². The Bertz CT molecular complexity index is 732. The first-order valence-electron chi connectivity index (χ1n) is 6.89. The Morgan fingerprint density at radius 3 is 2.50 bits per heavy atom. The lowest BCUT2D eigenvalue weighted by Crippen LogP contribution is -2.07. The van der Waals surface area contributed by atoms with E-state index in [2.05, 4.69) is 25.5 Å². The van der Waals surface area contributed by atoms with Gasteiger partial charge in [0.2, 0.25) is 0 Å². The Labute approximate surface area is 132 Å². The van der Waals surface area contributed by atoms with Crippen LogP contribution in [0.2, 0.25) is 0 Å². The molecular weight excluding hydrogens is 298 g/mol. The van der Waals surface area contributed by atoms with Gasteiger partial charge in [0, 0.05) is 51.2 Å². The fraction of sp³-hybridized carbons (Fsp3) is 0.286. The average Bonchev–Trinajstić information content (AvgIpc) is 3.13. The monoisotopic (exact) mass is 315 g/mol. The highest BCUT2D eigenvalue weighted by Crippen LogP contribution is 2.15. The maximum absolute atomic E-state index is 4.27. The van der Waals surface area contributed by atoms with Crippen molar-refractivity contribution in [2.45, 2.75) is 5.16 Å². The van der Waals surface area contributed by atoms with Gasteiger partial charge >= 0.3 is 0 Å². The van der Waals surface area contributed by atoms with Gasteiger partial charge in [-0.05, 0) is 12.1 Å². The number of thioether (sulfide) groups is 1. The molecule has 0 saturated carbocycles. The van der Waals surface area contributed by atoms with Crippen molar-refractivity contribution in [1.29, 1.82) is 0 Å². The first kappa shape index (κ1) is 14.6. The Morgan fingerprint density at radius 2 is 1.86 bits per heavy atom. The largest absolute Gasteiger partial charge is 0.368 e.